The summed E-state index contributed by atoms with van der Waals surface area (Å²) in [6.07, 6.45) is 1.17. The molecular formula is C27H23N3O4. The summed E-state index contributed by atoms with van der Waals surface area (Å²) in [5.41, 5.74) is 2.22. The number of ketones is 1. The second-order valence-electron chi connectivity index (χ2n) is 8.60. The number of hydrogen-bond acceptors (Lipinski definition) is 4. The molecule has 34 heavy (non-hydrogen) atoms. The van der Waals surface area contributed by atoms with E-state index >= 15 is 0 Å². The third-order valence-corrected chi connectivity index (χ3v) is 6.38. The van der Waals surface area contributed by atoms with E-state index < -0.39 is 17.5 Å². The highest BCUT2D eigenvalue weighted by atomic mass is 16.2. The zero-order valence-electron chi connectivity index (χ0n) is 18.4. The first-order valence-electron chi connectivity index (χ1n) is 11.2. The number of carbonyl (C=O) groups excluding carboxylic acids is 4. The predicted molar refractivity (Wildman–Crippen MR) is 126 cm³/mol. The maximum atomic E-state index is 13.7. The van der Waals surface area contributed by atoms with Crippen LogP contribution in [0.25, 0.3) is 0 Å². The molecule has 2 aliphatic heterocycles. The van der Waals surface area contributed by atoms with E-state index in [9.17, 15) is 19.2 Å². The quantitative estimate of drug-likeness (QED) is 0.442. The van der Waals surface area contributed by atoms with Crippen LogP contribution in [-0.4, -0.2) is 35.1 Å². The number of fused-ring (bicyclic) bond motifs is 1. The first-order chi connectivity index (χ1) is 16.5. The Hall–Kier alpha value is -4.26. The number of aryl methyl sites for hydroxylation is 1. The van der Waals surface area contributed by atoms with Crippen LogP contribution >= 0.6 is 0 Å². The molecule has 7 nitrogen and oxygen atoms in total. The Labute approximate surface area is 196 Å². The molecule has 1 fully saturated rings. The highest BCUT2D eigenvalue weighted by Gasteiger charge is 2.52. The van der Waals surface area contributed by atoms with E-state index in [0.717, 1.165) is 16.0 Å². The third kappa shape index (κ3) is 3.85. The minimum absolute atomic E-state index is 0.0541. The molecular weight excluding hydrogens is 430 g/mol. The number of Topliss-reactive ketones (excluding diaryl/α,β-unsaturated/α-hetero) is 1. The topological polar surface area (TPSA) is 95.6 Å². The molecule has 0 radical (unpaired) electrons. The van der Waals surface area contributed by atoms with Crippen molar-refractivity contribution < 1.29 is 19.2 Å². The molecule has 3 aromatic carbocycles. The standard InChI is InChI=1S/C27H23N3O4/c31-23(20-11-13-22-19(15-20)12-14-24(32)28-22)17-30-25(33)27(29-26(30)34,21-9-5-2-6-10-21)16-18-7-3-1-4-8-18/h1-11,13,15H,12,14,16-17H2,(H,28,32)(H,29,34)/t27-/m0/s1. The maximum Gasteiger partial charge on any atom is 0.325 e. The Balaban J connectivity index is 1.43. The molecule has 1 atom stereocenters. The Morgan fingerprint density at radius 2 is 1.59 bits per heavy atom. The van der Waals surface area contributed by atoms with Crippen molar-refractivity contribution in [3.05, 3.63) is 101 Å². The van der Waals surface area contributed by atoms with E-state index in [2.05, 4.69) is 10.6 Å². The maximum absolute atomic E-state index is 13.7. The molecule has 0 spiro atoms. The number of hydrogen-bond donors (Lipinski definition) is 2. The van der Waals surface area contributed by atoms with Crippen LogP contribution in [0.5, 0.6) is 0 Å². The van der Waals surface area contributed by atoms with Gasteiger partial charge in [-0.05, 0) is 41.3 Å². The summed E-state index contributed by atoms with van der Waals surface area (Å²) in [6.45, 7) is -0.362. The Bertz CT molecular complexity index is 1290. The van der Waals surface area contributed by atoms with Gasteiger partial charge < -0.3 is 10.6 Å². The normalized spacial score (nSPS) is 19.4. The van der Waals surface area contributed by atoms with Gasteiger partial charge in [-0.1, -0.05) is 60.7 Å². The number of amides is 4. The molecule has 0 aromatic heterocycles. The molecule has 3 aromatic rings. The summed E-state index contributed by atoms with van der Waals surface area (Å²) in [5.74, 6) is -0.848. The zero-order chi connectivity index (χ0) is 23.7. The fraction of sp³-hybridized carbons (Fsp3) is 0.185. The lowest BCUT2D eigenvalue weighted by Crippen LogP contribution is -2.46. The Morgan fingerprint density at radius 1 is 0.882 bits per heavy atom. The number of anilines is 1. The number of nitrogens with zero attached hydrogens (tertiary/aromatic N) is 1. The highest BCUT2D eigenvalue weighted by Crippen LogP contribution is 2.33. The third-order valence-electron chi connectivity index (χ3n) is 6.38. The largest absolute Gasteiger partial charge is 0.326 e. The first kappa shape index (κ1) is 21.6. The molecule has 2 aliphatic rings. The average Bonchev–Trinajstić information content (AvgIpc) is 3.09. The summed E-state index contributed by atoms with van der Waals surface area (Å²) in [5, 5.41) is 5.67. The molecule has 2 N–H and O–H groups in total. The monoisotopic (exact) mass is 453 g/mol. The van der Waals surface area contributed by atoms with Gasteiger partial charge in [0.25, 0.3) is 5.91 Å². The molecule has 0 bridgehead atoms. The predicted octanol–water partition coefficient (Wildman–Crippen LogP) is 3.44. The van der Waals surface area contributed by atoms with Gasteiger partial charge in [0.15, 0.2) is 11.3 Å². The van der Waals surface area contributed by atoms with E-state index in [4.69, 9.17) is 0 Å². The molecule has 7 heteroatoms. The first-order valence-corrected chi connectivity index (χ1v) is 11.2. The van der Waals surface area contributed by atoms with Crippen LogP contribution < -0.4 is 10.6 Å². The van der Waals surface area contributed by atoms with Crippen molar-refractivity contribution in [3.63, 3.8) is 0 Å². The van der Waals surface area contributed by atoms with Crippen LogP contribution in [0, 0.1) is 0 Å². The van der Waals surface area contributed by atoms with Gasteiger partial charge in [-0.25, -0.2) is 4.79 Å². The van der Waals surface area contributed by atoms with Gasteiger partial charge >= 0.3 is 6.03 Å². The Morgan fingerprint density at radius 3 is 2.32 bits per heavy atom. The number of rotatable bonds is 6. The summed E-state index contributed by atoms with van der Waals surface area (Å²) in [7, 11) is 0. The molecule has 5 rings (SSSR count). The summed E-state index contributed by atoms with van der Waals surface area (Å²) in [4.78, 5) is 52.4. The summed E-state index contributed by atoms with van der Waals surface area (Å²) >= 11 is 0. The van der Waals surface area contributed by atoms with E-state index in [1.54, 1.807) is 18.2 Å². The van der Waals surface area contributed by atoms with E-state index in [1.807, 2.05) is 60.7 Å². The zero-order valence-corrected chi connectivity index (χ0v) is 18.4. The fourth-order valence-corrected chi connectivity index (χ4v) is 4.60. The van der Waals surface area contributed by atoms with E-state index in [0.29, 0.717) is 29.7 Å². The van der Waals surface area contributed by atoms with E-state index in [1.165, 1.54) is 0 Å². The van der Waals surface area contributed by atoms with Gasteiger partial charge in [-0.15, -0.1) is 0 Å². The number of carbonyl (C=O) groups is 4. The van der Waals surface area contributed by atoms with E-state index in [-0.39, 0.29) is 24.7 Å². The lowest BCUT2D eigenvalue weighted by Gasteiger charge is -2.27. The van der Waals surface area contributed by atoms with Gasteiger partial charge in [0.2, 0.25) is 5.91 Å². The van der Waals surface area contributed by atoms with Gasteiger partial charge in [0.1, 0.15) is 0 Å². The van der Waals surface area contributed by atoms with Crippen LogP contribution in [0.1, 0.15) is 33.5 Å². The fourth-order valence-electron chi connectivity index (χ4n) is 4.60. The summed E-state index contributed by atoms with van der Waals surface area (Å²) < 4.78 is 0. The van der Waals surface area contributed by atoms with Gasteiger partial charge in [0, 0.05) is 24.1 Å². The Kier molecular flexibility index (Phi) is 5.45. The van der Waals surface area contributed by atoms with Crippen molar-refractivity contribution in [2.45, 2.75) is 24.8 Å². The van der Waals surface area contributed by atoms with Crippen LogP contribution in [0.4, 0.5) is 10.5 Å². The lowest BCUT2D eigenvalue weighted by atomic mass is 9.83. The van der Waals surface area contributed by atoms with Gasteiger partial charge in [0.05, 0.1) is 6.54 Å². The molecule has 0 aliphatic carbocycles. The van der Waals surface area contributed by atoms with Crippen molar-refractivity contribution in [3.8, 4) is 0 Å². The van der Waals surface area contributed by atoms with Crippen molar-refractivity contribution in [1.82, 2.24) is 10.2 Å². The van der Waals surface area contributed by atoms with Crippen molar-refractivity contribution in [1.29, 1.82) is 0 Å². The van der Waals surface area contributed by atoms with Crippen LogP contribution in [0.3, 0.4) is 0 Å². The summed E-state index contributed by atoms with van der Waals surface area (Å²) in [6, 6.07) is 23.0. The SMILES string of the molecule is O=C1CCc2cc(C(=O)CN3C(=O)N[C@@](Cc4ccccc4)(c4ccccc4)C3=O)ccc2N1. The molecule has 0 unspecified atom stereocenters. The van der Waals surface area contributed by atoms with Gasteiger partial charge in [-0.3, -0.25) is 19.3 Å². The number of imide groups is 1. The molecule has 170 valence electrons. The average molecular weight is 453 g/mol. The van der Waals surface area contributed by atoms with Crippen LogP contribution in [0.15, 0.2) is 78.9 Å². The van der Waals surface area contributed by atoms with Crippen LogP contribution in [-0.2, 0) is 28.0 Å². The number of benzene rings is 3. The second kappa shape index (κ2) is 8.59. The molecule has 0 saturated carbocycles. The lowest BCUT2D eigenvalue weighted by molar-refractivity contribution is -0.131. The van der Waals surface area contributed by atoms with Crippen molar-refractivity contribution in [2.24, 2.45) is 0 Å². The molecule has 1 saturated heterocycles. The van der Waals surface area contributed by atoms with Crippen molar-refractivity contribution >= 4 is 29.3 Å². The van der Waals surface area contributed by atoms with Gasteiger partial charge in [-0.2, -0.15) is 0 Å². The number of urea groups is 1. The minimum Gasteiger partial charge on any atom is -0.326 e. The number of nitrogens with one attached hydrogen (secondary N) is 2. The van der Waals surface area contributed by atoms with Crippen molar-refractivity contribution in [2.75, 3.05) is 11.9 Å². The molecule has 4 amide bonds. The smallest absolute Gasteiger partial charge is 0.325 e. The molecule has 2 heterocycles. The highest BCUT2D eigenvalue weighted by molar-refractivity contribution is 6.11. The minimum atomic E-state index is -1.29. The van der Waals surface area contributed by atoms with Crippen LogP contribution in [0.2, 0.25) is 0 Å². The second-order valence-corrected chi connectivity index (χ2v) is 8.60.